The average Bonchev–Trinajstić information content (AvgIpc) is 2.11. The molecule has 0 aliphatic rings. The monoisotopic (exact) mass is 212 g/mol. The van der Waals surface area contributed by atoms with Crippen molar-refractivity contribution in [2.45, 2.75) is 46.7 Å². The van der Waals surface area contributed by atoms with Crippen LogP contribution in [0.5, 0.6) is 0 Å². The summed E-state index contributed by atoms with van der Waals surface area (Å²) in [4.78, 5) is 2.37. The minimum Gasteiger partial charge on any atom is -0.314 e. The van der Waals surface area contributed by atoms with Gasteiger partial charge in [0.05, 0.1) is 0 Å². The van der Waals surface area contributed by atoms with E-state index in [1.807, 2.05) is 0 Å². The summed E-state index contributed by atoms with van der Waals surface area (Å²) in [6, 6.07) is 1.17. The lowest BCUT2D eigenvalue weighted by Gasteiger charge is -2.30. The van der Waals surface area contributed by atoms with Crippen LogP contribution in [-0.2, 0) is 0 Å². The number of nitrogens with zero attached hydrogens (tertiary/aromatic N) is 1. The Morgan fingerprint density at radius 1 is 1.27 bits per heavy atom. The zero-order chi connectivity index (χ0) is 12.0. The van der Waals surface area contributed by atoms with Gasteiger partial charge in [-0.3, -0.25) is 4.90 Å². The Kier molecular flexibility index (Phi) is 6.86. The molecule has 0 saturated carbocycles. The fourth-order valence-corrected chi connectivity index (χ4v) is 1.60. The topological polar surface area (TPSA) is 15.3 Å². The van der Waals surface area contributed by atoms with Crippen LogP contribution in [0.2, 0.25) is 0 Å². The lowest BCUT2D eigenvalue weighted by molar-refractivity contribution is 0.208. The van der Waals surface area contributed by atoms with Crippen molar-refractivity contribution in [2.75, 3.05) is 20.1 Å². The molecule has 0 saturated heterocycles. The van der Waals surface area contributed by atoms with Gasteiger partial charge < -0.3 is 5.32 Å². The summed E-state index contributed by atoms with van der Waals surface area (Å²) < 4.78 is 0. The highest BCUT2D eigenvalue weighted by Crippen LogP contribution is 2.09. The molecule has 0 rings (SSSR count). The second-order valence-corrected chi connectivity index (χ2v) is 5.15. The Hall–Kier alpha value is -0.340. The van der Waals surface area contributed by atoms with Crippen molar-refractivity contribution < 1.29 is 0 Å². The van der Waals surface area contributed by atoms with E-state index >= 15 is 0 Å². The molecular formula is C13H28N2. The lowest BCUT2D eigenvalue weighted by Crippen LogP contribution is -2.40. The Bertz CT molecular complexity index is 187. The lowest BCUT2D eigenvalue weighted by atomic mass is 10.0. The van der Waals surface area contributed by atoms with E-state index in [0.717, 1.165) is 13.1 Å². The van der Waals surface area contributed by atoms with E-state index in [2.05, 4.69) is 58.5 Å². The molecule has 2 unspecified atom stereocenters. The van der Waals surface area contributed by atoms with Gasteiger partial charge in [-0.2, -0.15) is 0 Å². The average molecular weight is 212 g/mol. The molecule has 15 heavy (non-hydrogen) atoms. The summed E-state index contributed by atoms with van der Waals surface area (Å²) >= 11 is 0. The van der Waals surface area contributed by atoms with Gasteiger partial charge in [0.15, 0.2) is 0 Å². The maximum atomic E-state index is 3.95. The smallest absolute Gasteiger partial charge is 0.0187 e. The van der Waals surface area contributed by atoms with Crippen LogP contribution in [0.25, 0.3) is 0 Å². The predicted molar refractivity (Wildman–Crippen MR) is 69.2 cm³/mol. The fraction of sp³-hybridized carbons (Fsp3) is 0.846. The van der Waals surface area contributed by atoms with Crippen LogP contribution in [-0.4, -0.2) is 37.1 Å². The second-order valence-electron chi connectivity index (χ2n) is 5.15. The number of hydrogen-bond acceptors (Lipinski definition) is 2. The molecule has 0 aromatic carbocycles. The SMILES string of the molecule is C=C(C)CN(C)C(C)C(C)CNC(C)C. The minimum absolute atomic E-state index is 0.575. The number of rotatable bonds is 7. The van der Waals surface area contributed by atoms with Gasteiger partial charge in [-0.15, -0.1) is 0 Å². The molecular weight excluding hydrogens is 184 g/mol. The maximum absolute atomic E-state index is 3.95. The van der Waals surface area contributed by atoms with E-state index in [-0.39, 0.29) is 0 Å². The molecule has 0 fully saturated rings. The van der Waals surface area contributed by atoms with Crippen LogP contribution in [0.15, 0.2) is 12.2 Å². The summed E-state index contributed by atoms with van der Waals surface area (Å²) in [6.45, 7) is 17.1. The molecule has 0 aromatic heterocycles. The first kappa shape index (κ1) is 14.7. The predicted octanol–water partition coefficient (Wildman–Crippen LogP) is 2.52. The summed E-state index contributed by atoms with van der Waals surface area (Å²) in [6.07, 6.45) is 0. The maximum Gasteiger partial charge on any atom is 0.0187 e. The highest BCUT2D eigenvalue weighted by Gasteiger charge is 2.16. The van der Waals surface area contributed by atoms with E-state index in [4.69, 9.17) is 0 Å². The first-order valence-corrected chi connectivity index (χ1v) is 5.92. The third-order valence-corrected chi connectivity index (χ3v) is 2.89. The zero-order valence-electron chi connectivity index (χ0n) is 11.3. The van der Waals surface area contributed by atoms with Crippen LogP contribution >= 0.6 is 0 Å². The van der Waals surface area contributed by atoms with Gasteiger partial charge in [-0.05, 0) is 33.4 Å². The van der Waals surface area contributed by atoms with Gasteiger partial charge >= 0.3 is 0 Å². The molecule has 0 aromatic rings. The second kappa shape index (κ2) is 7.02. The molecule has 0 spiro atoms. The van der Waals surface area contributed by atoms with Crippen molar-refractivity contribution in [3.63, 3.8) is 0 Å². The molecule has 0 amide bonds. The van der Waals surface area contributed by atoms with Crippen LogP contribution in [0.4, 0.5) is 0 Å². The Balaban J connectivity index is 3.95. The Morgan fingerprint density at radius 3 is 2.20 bits per heavy atom. The van der Waals surface area contributed by atoms with Crippen LogP contribution < -0.4 is 5.32 Å². The molecule has 0 radical (unpaired) electrons. The highest BCUT2D eigenvalue weighted by atomic mass is 15.1. The van der Waals surface area contributed by atoms with Crippen LogP contribution in [0.1, 0.15) is 34.6 Å². The first-order chi connectivity index (χ1) is 6.84. The van der Waals surface area contributed by atoms with Gasteiger partial charge in [0.2, 0.25) is 0 Å². The Labute approximate surface area is 95.7 Å². The third kappa shape index (κ3) is 6.69. The van der Waals surface area contributed by atoms with Crippen LogP contribution in [0.3, 0.4) is 0 Å². The van der Waals surface area contributed by atoms with Gasteiger partial charge in [0, 0.05) is 18.6 Å². The quantitative estimate of drug-likeness (QED) is 0.652. The number of nitrogens with one attached hydrogen (secondary N) is 1. The summed E-state index contributed by atoms with van der Waals surface area (Å²) in [5.74, 6) is 0.664. The van der Waals surface area contributed by atoms with E-state index in [9.17, 15) is 0 Å². The molecule has 0 bridgehead atoms. The molecule has 1 N–H and O–H groups in total. The van der Waals surface area contributed by atoms with Gasteiger partial charge in [-0.1, -0.05) is 32.9 Å². The van der Waals surface area contributed by atoms with Crippen molar-refractivity contribution in [3.8, 4) is 0 Å². The van der Waals surface area contributed by atoms with Crippen molar-refractivity contribution in [2.24, 2.45) is 5.92 Å². The first-order valence-electron chi connectivity index (χ1n) is 5.92. The molecule has 0 heterocycles. The molecule has 90 valence electrons. The van der Waals surface area contributed by atoms with Crippen molar-refractivity contribution in [3.05, 3.63) is 12.2 Å². The van der Waals surface area contributed by atoms with Crippen LogP contribution in [0, 0.1) is 5.92 Å². The standard InChI is InChI=1S/C13H28N2/c1-10(2)9-15(7)13(6)12(5)8-14-11(3)4/h11-14H,1,8-9H2,2-7H3. The van der Waals surface area contributed by atoms with E-state index in [1.165, 1.54) is 5.57 Å². The summed E-state index contributed by atoms with van der Waals surface area (Å²) in [5.41, 5.74) is 1.23. The summed E-state index contributed by atoms with van der Waals surface area (Å²) in [7, 11) is 2.17. The van der Waals surface area contributed by atoms with E-state index < -0.39 is 0 Å². The van der Waals surface area contributed by atoms with Gasteiger partial charge in [0.1, 0.15) is 0 Å². The largest absolute Gasteiger partial charge is 0.314 e. The highest BCUT2D eigenvalue weighted by molar-refractivity contribution is 4.92. The number of hydrogen-bond donors (Lipinski definition) is 1. The summed E-state index contributed by atoms with van der Waals surface area (Å²) in [5, 5.41) is 3.49. The van der Waals surface area contributed by atoms with E-state index in [0.29, 0.717) is 18.0 Å². The molecule has 2 nitrogen and oxygen atoms in total. The third-order valence-electron chi connectivity index (χ3n) is 2.89. The fourth-order valence-electron chi connectivity index (χ4n) is 1.60. The van der Waals surface area contributed by atoms with Crippen molar-refractivity contribution in [1.82, 2.24) is 10.2 Å². The normalized spacial score (nSPS) is 15.7. The zero-order valence-corrected chi connectivity index (χ0v) is 11.3. The minimum atomic E-state index is 0.575. The Morgan fingerprint density at radius 2 is 1.80 bits per heavy atom. The van der Waals surface area contributed by atoms with Crippen molar-refractivity contribution in [1.29, 1.82) is 0 Å². The van der Waals surface area contributed by atoms with Crippen molar-refractivity contribution >= 4 is 0 Å². The van der Waals surface area contributed by atoms with Gasteiger partial charge in [-0.25, -0.2) is 0 Å². The molecule has 2 heteroatoms. The molecule has 0 aliphatic carbocycles. The molecule has 0 aliphatic heterocycles. The number of likely N-dealkylation sites (N-methyl/N-ethyl adjacent to an activating group) is 1. The molecule has 2 atom stereocenters. The van der Waals surface area contributed by atoms with Gasteiger partial charge in [0.25, 0.3) is 0 Å². The van der Waals surface area contributed by atoms with E-state index in [1.54, 1.807) is 0 Å².